The molecule has 1 fully saturated rings. The van der Waals surface area contributed by atoms with Crippen molar-refractivity contribution < 1.29 is 0 Å². The highest BCUT2D eigenvalue weighted by Gasteiger charge is 2.12. The molecule has 0 amide bonds. The van der Waals surface area contributed by atoms with E-state index in [0.717, 1.165) is 5.56 Å². The second kappa shape index (κ2) is 4.50. The van der Waals surface area contributed by atoms with Crippen LogP contribution in [-0.4, -0.2) is 17.4 Å². The fourth-order valence-corrected chi connectivity index (χ4v) is 2.61. The van der Waals surface area contributed by atoms with Gasteiger partial charge in [0.15, 0.2) is 0 Å². The van der Waals surface area contributed by atoms with Crippen molar-refractivity contribution in [2.45, 2.75) is 17.7 Å². The third-order valence-electron chi connectivity index (χ3n) is 2.26. The quantitative estimate of drug-likeness (QED) is 0.693. The number of hydrogen-bond donors (Lipinski definition) is 0. The van der Waals surface area contributed by atoms with Crippen LogP contribution in [0.15, 0.2) is 29.2 Å². The van der Waals surface area contributed by atoms with E-state index in [1.807, 2.05) is 18.2 Å². The maximum atomic E-state index is 8.75. The van der Waals surface area contributed by atoms with Crippen LogP contribution in [0.1, 0.15) is 18.4 Å². The van der Waals surface area contributed by atoms with Crippen molar-refractivity contribution in [3.63, 3.8) is 0 Å². The Labute approximate surface area is 88.7 Å². The van der Waals surface area contributed by atoms with Crippen molar-refractivity contribution >= 4 is 11.9 Å². The Hall–Kier alpha value is -0.980. The highest BCUT2D eigenvalue weighted by Crippen LogP contribution is 2.26. The van der Waals surface area contributed by atoms with Crippen molar-refractivity contribution in [2.75, 3.05) is 13.1 Å². The van der Waals surface area contributed by atoms with Crippen LogP contribution in [0.25, 0.3) is 0 Å². The van der Waals surface area contributed by atoms with E-state index in [-0.39, 0.29) is 0 Å². The van der Waals surface area contributed by atoms with E-state index in [1.54, 1.807) is 11.9 Å². The van der Waals surface area contributed by atoms with Crippen LogP contribution in [0.5, 0.6) is 0 Å². The minimum atomic E-state index is 0.745. The molecule has 0 aliphatic carbocycles. The first-order chi connectivity index (χ1) is 6.88. The van der Waals surface area contributed by atoms with Gasteiger partial charge in [-0.05, 0) is 43.0 Å². The van der Waals surface area contributed by atoms with Gasteiger partial charge in [0.2, 0.25) is 0 Å². The molecule has 0 N–H and O–H groups in total. The Morgan fingerprint density at radius 1 is 1.29 bits per heavy atom. The summed E-state index contributed by atoms with van der Waals surface area (Å²) in [6.45, 7) is 2.34. The predicted molar refractivity (Wildman–Crippen MR) is 57.8 cm³/mol. The fraction of sp³-hybridized carbons (Fsp3) is 0.364. The minimum Gasteiger partial charge on any atom is -0.246 e. The molecular weight excluding hydrogens is 192 g/mol. The van der Waals surface area contributed by atoms with E-state index in [9.17, 15) is 0 Å². The van der Waals surface area contributed by atoms with Crippen molar-refractivity contribution in [3.05, 3.63) is 29.8 Å². The summed E-state index contributed by atoms with van der Waals surface area (Å²) in [6.07, 6.45) is 2.59. The lowest BCUT2D eigenvalue weighted by Crippen LogP contribution is -2.08. The van der Waals surface area contributed by atoms with Crippen LogP contribution in [0.4, 0.5) is 0 Å². The smallest absolute Gasteiger partial charge is 0.0992 e. The molecule has 0 radical (unpaired) electrons. The van der Waals surface area contributed by atoms with E-state index in [2.05, 4.69) is 16.4 Å². The molecule has 1 heterocycles. The van der Waals surface area contributed by atoms with Crippen LogP contribution in [0.2, 0.25) is 0 Å². The van der Waals surface area contributed by atoms with Gasteiger partial charge in [0.1, 0.15) is 0 Å². The van der Waals surface area contributed by atoms with E-state index < -0.39 is 0 Å². The first-order valence-corrected chi connectivity index (χ1v) is 5.59. The highest BCUT2D eigenvalue weighted by molar-refractivity contribution is 7.97. The lowest BCUT2D eigenvalue weighted by molar-refractivity contribution is 0.586. The maximum Gasteiger partial charge on any atom is 0.0992 e. The lowest BCUT2D eigenvalue weighted by atomic mass is 10.2. The van der Waals surface area contributed by atoms with Gasteiger partial charge in [-0.15, -0.1) is 0 Å². The van der Waals surface area contributed by atoms with Gasteiger partial charge < -0.3 is 0 Å². The first kappa shape index (κ1) is 9.57. The normalized spacial score (nSPS) is 16.8. The van der Waals surface area contributed by atoms with Crippen LogP contribution in [-0.2, 0) is 0 Å². The molecule has 14 heavy (non-hydrogen) atoms. The Morgan fingerprint density at radius 2 is 2.07 bits per heavy atom. The number of benzene rings is 1. The molecule has 1 aliphatic rings. The fourth-order valence-electron chi connectivity index (χ4n) is 1.55. The molecule has 1 saturated heterocycles. The summed E-state index contributed by atoms with van der Waals surface area (Å²) in [6, 6.07) is 9.95. The average Bonchev–Trinajstić information content (AvgIpc) is 2.71. The van der Waals surface area contributed by atoms with Gasteiger partial charge in [0, 0.05) is 18.0 Å². The average molecular weight is 204 g/mol. The van der Waals surface area contributed by atoms with Gasteiger partial charge in [-0.3, -0.25) is 0 Å². The van der Waals surface area contributed by atoms with Crippen LogP contribution < -0.4 is 0 Å². The molecule has 1 aliphatic heterocycles. The predicted octanol–water partition coefficient (Wildman–Crippen LogP) is 2.66. The lowest BCUT2D eigenvalue weighted by Gasteiger charge is -2.12. The van der Waals surface area contributed by atoms with E-state index >= 15 is 0 Å². The van der Waals surface area contributed by atoms with Gasteiger partial charge in [0.25, 0.3) is 0 Å². The molecule has 2 rings (SSSR count). The largest absolute Gasteiger partial charge is 0.246 e. The molecule has 0 atom stereocenters. The summed E-state index contributed by atoms with van der Waals surface area (Å²) < 4.78 is 2.36. The van der Waals surface area contributed by atoms with E-state index in [0.29, 0.717) is 0 Å². The number of nitriles is 1. The maximum absolute atomic E-state index is 8.75. The molecule has 0 saturated carbocycles. The second-order valence-electron chi connectivity index (χ2n) is 3.37. The molecule has 1 aromatic carbocycles. The summed E-state index contributed by atoms with van der Waals surface area (Å²) in [5.74, 6) is 0. The molecule has 0 unspecified atom stereocenters. The van der Waals surface area contributed by atoms with E-state index in [4.69, 9.17) is 5.26 Å². The zero-order valence-corrected chi connectivity index (χ0v) is 8.76. The molecular formula is C11H12N2S. The summed E-state index contributed by atoms with van der Waals surface area (Å²) in [4.78, 5) is 1.17. The molecule has 1 aromatic rings. The van der Waals surface area contributed by atoms with Gasteiger partial charge in [-0.25, -0.2) is 4.31 Å². The Balaban J connectivity index is 2.05. The van der Waals surface area contributed by atoms with Crippen LogP contribution in [0, 0.1) is 11.3 Å². The van der Waals surface area contributed by atoms with Crippen molar-refractivity contribution in [3.8, 4) is 6.07 Å². The Morgan fingerprint density at radius 3 is 2.79 bits per heavy atom. The third-order valence-corrected chi connectivity index (χ3v) is 3.35. The van der Waals surface area contributed by atoms with Gasteiger partial charge >= 0.3 is 0 Å². The van der Waals surface area contributed by atoms with Gasteiger partial charge in [-0.2, -0.15) is 5.26 Å². The molecule has 72 valence electrons. The van der Waals surface area contributed by atoms with Gasteiger partial charge in [0.05, 0.1) is 11.6 Å². The van der Waals surface area contributed by atoms with Crippen LogP contribution in [0.3, 0.4) is 0 Å². The minimum absolute atomic E-state index is 0.745. The zero-order chi connectivity index (χ0) is 9.80. The zero-order valence-electron chi connectivity index (χ0n) is 7.94. The molecule has 0 aromatic heterocycles. The van der Waals surface area contributed by atoms with Crippen LogP contribution >= 0.6 is 11.9 Å². The molecule has 0 spiro atoms. The Bertz CT molecular complexity index is 351. The van der Waals surface area contributed by atoms with E-state index in [1.165, 1.54) is 30.8 Å². The summed E-state index contributed by atoms with van der Waals surface area (Å²) in [7, 11) is 0. The monoisotopic (exact) mass is 204 g/mol. The SMILES string of the molecule is N#Cc1cccc(SN2CCCC2)c1. The molecule has 0 bridgehead atoms. The van der Waals surface area contributed by atoms with Crippen molar-refractivity contribution in [1.82, 2.24) is 4.31 Å². The third kappa shape index (κ3) is 2.28. The molecule has 2 nitrogen and oxygen atoms in total. The number of hydrogen-bond acceptors (Lipinski definition) is 3. The summed E-state index contributed by atoms with van der Waals surface area (Å²) >= 11 is 1.76. The first-order valence-electron chi connectivity index (χ1n) is 4.81. The Kier molecular flexibility index (Phi) is 3.07. The van der Waals surface area contributed by atoms with Crippen molar-refractivity contribution in [2.24, 2.45) is 0 Å². The summed E-state index contributed by atoms with van der Waals surface area (Å²) in [5, 5.41) is 8.75. The number of rotatable bonds is 2. The standard InChI is InChI=1S/C11H12N2S/c12-9-10-4-3-5-11(8-10)14-13-6-1-2-7-13/h3-5,8H,1-2,6-7H2. The second-order valence-corrected chi connectivity index (χ2v) is 4.54. The summed E-state index contributed by atoms with van der Waals surface area (Å²) in [5.41, 5.74) is 0.745. The molecule has 3 heteroatoms. The number of nitrogens with zero attached hydrogens (tertiary/aromatic N) is 2. The van der Waals surface area contributed by atoms with Gasteiger partial charge in [-0.1, -0.05) is 6.07 Å². The highest BCUT2D eigenvalue weighted by atomic mass is 32.2. The van der Waals surface area contributed by atoms with Crippen molar-refractivity contribution in [1.29, 1.82) is 5.26 Å². The topological polar surface area (TPSA) is 27.0 Å².